The topological polar surface area (TPSA) is 130 Å². The first-order valence-corrected chi connectivity index (χ1v) is 7.43. The van der Waals surface area contributed by atoms with E-state index in [1.54, 1.807) is 6.92 Å². The summed E-state index contributed by atoms with van der Waals surface area (Å²) < 4.78 is 4.84. The highest BCUT2D eigenvalue weighted by Crippen LogP contribution is 2.16. The van der Waals surface area contributed by atoms with Gasteiger partial charge in [-0.1, -0.05) is 0 Å². The lowest BCUT2D eigenvalue weighted by atomic mass is 10.2. The minimum absolute atomic E-state index is 0.0858. The highest BCUT2D eigenvalue weighted by atomic mass is 32.1. The molecule has 0 fully saturated rings. The lowest BCUT2D eigenvalue weighted by Gasteiger charge is -2.09. The third-order valence-electron chi connectivity index (χ3n) is 2.72. The lowest BCUT2D eigenvalue weighted by molar-refractivity contribution is -0.117. The van der Waals surface area contributed by atoms with Gasteiger partial charge in [0.25, 0.3) is 0 Å². The number of hydrogen-bond acceptors (Lipinski definition) is 7. The second-order valence-electron chi connectivity index (χ2n) is 4.42. The molecular weight excluding hydrogens is 308 g/mol. The van der Waals surface area contributed by atoms with E-state index in [2.05, 4.69) is 15.3 Å². The van der Waals surface area contributed by atoms with Crippen molar-refractivity contribution < 1.29 is 19.4 Å². The first-order chi connectivity index (χ1) is 10.5. The predicted octanol–water partition coefficient (Wildman–Crippen LogP) is 0.862. The van der Waals surface area contributed by atoms with Crippen molar-refractivity contribution in [1.82, 2.24) is 9.97 Å². The maximum atomic E-state index is 12.0. The molecule has 0 aliphatic rings. The summed E-state index contributed by atoms with van der Waals surface area (Å²) in [6.07, 6.45) is 1.69. The fourth-order valence-electron chi connectivity index (χ4n) is 1.70. The van der Waals surface area contributed by atoms with Crippen molar-refractivity contribution in [1.29, 1.82) is 0 Å². The molecule has 1 amide bonds. The van der Waals surface area contributed by atoms with Crippen LogP contribution >= 0.6 is 11.3 Å². The number of hydrogen-bond donors (Lipinski definition) is 4. The lowest BCUT2D eigenvalue weighted by Crippen LogP contribution is -2.37. The summed E-state index contributed by atoms with van der Waals surface area (Å²) in [7, 11) is 0. The van der Waals surface area contributed by atoms with E-state index in [9.17, 15) is 9.59 Å². The van der Waals surface area contributed by atoms with Crippen LogP contribution in [0.2, 0.25) is 0 Å². The normalized spacial score (nSPS) is 11.9. The van der Waals surface area contributed by atoms with E-state index in [0.717, 1.165) is 0 Å². The van der Waals surface area contributed by atoms with Crippen LogP contribution in [0, 0.1) is 0 Å². The second kappa shape index (κ2) is 7.05. The Morgan fingerprint density at radius 2 is 2.36 bits per heavy atom. The van der Waals surface area contributed by atoms with Crippen LogP contribution in [0.4, 0.5) is 5.69 Å². The van der Waals surface area contributed by atoms with Gasteiger partial charge in [-0.3, -0.25) is 4.79 Å². The molecule has 1 unspecified atom stereocenters. The fourth-order valence-corrected chi connectivity index (χ4v) is 2.42. The van der Waals surface area contributed by atoms with Crippen LogP contribution in [0.1, 0.15) is 22.4 Å². The summed E-state index contributed by atoms with van der Waals surface area (Å²) >= 11 is 1.23. The summed E-state index contributed by atoms with van der Waals surface area (Å²) in [5.74, 6) is -0.994. The van der Waals surface area contributed by atoms with Gasteiger partial charge in [-0.25, -0.2) is 9.78 Å². The second-order valence-corrected chi connectivity index (χ2v) is 5.36. The number of aromatic nitrogens is 2. The number of nitrogens with zero attached hydrogens (tertiary/aromatic N) is 1. The summed E-state index contributed by atoms with van der Waals surface area (Å²) in [6, 6.07) is 0.657. The summed E-state index contributed by atoms with van der Waals surface area (Å²) in [5.41, 5.74) is 6.46. The summed E-state index contributed by atoms with van der Waals surface area (Å²) in [4.78, 5) is 30.0. The number of nitrogens with two attached hydrogens (primary N) is 1. The van der Waals surface area contributed by atoms with Gasteiger partial charge in [0, 0.05) is 12.6 Å². The molecule has 0 aromatic carbocycles. The number of aromatic hydroxyl groups is 1. The van der Waals surface area contributed by atoms with Gasteiger partial charge in [0.2, 0.25) is 11.8 Å². The van der Waals surface area contributed by atoms with E-state index in [0.29, 0.717) is 10.7 Å². The van der Waals surface area contributed by atoms with Crippen LogP contribution in [0.25, 0.3) is 0 Å². The molecule has 2 heterocycles. The molecule has 0 saturated carbocycles. The van der Waals surface area contributed by atoms with Crippen LogP contribution in [0.5, 0.6) is 5.88 Å². The number of aromatic amines is 1. The Balaban J connectivity index is 1.92. The van der Waals surface area contributed by atoms with Gasteiger partial charge in [0.1, 0.15) is 5.69 Å². The zero-order valence-electron chi connectivity index (χ0n) is 11.8. The van der Waals surface area contributed by atoms with Gasteiger partial charge in [-0.15, -0.1) is 11.3 Å². The Hall–Kier alpha value is -2.39. The Morgan fingerprint density at radius 3 is 3.00 bits per heavy atom. The molecule has 5 N–H and O–H groups in total. The highest BCUT2D eigenvalue weighted by molar-refractivity contribution is 7.09. The van der Waals surface area contributed by atoms with Crippen molar-refractivity contribution >= 4 is 28.9 Å². The highest BCUT2D eigenvalue weighted by Gasteiger charge is 2.18. The number of carbonyl (C=O) groups is 2. The fraction of sp³-hybridized carbons (Fsp3) is 0.308. The number of thiazole rings is 1. The molecular formula is C13H16N4O4S. The maximum absolute atomic E-state index is 12.0. The average Bonchev–Trinajstić information content (AvgIpc) is 3.08. The van der Waals surface area contributed by atoms with Gasteiger partial charge in [0.15, 0.2) is 0 Å². The molecule has 2 aromatic rings. The molecule has 0 bridgehead atoms. The van der Waals surface area contributed by atoms with Crippen molar-refractivity contribution in [2.45, 2.75) is 19.4 Å². The Bertz CT molecular complexity index is 667. The number of ether oxygens (including phenoxy) is 1. The van der Waals surface area contributed by atoms with E-state index in [1.807, 2.05) is 0 Å². The number of carbonyl (C=O) groups excluding carboxylic acids is 2. The summed E-state index contributed by atoms with van der Waals surface area (Å²) in [6.45, 7) is 1.98. The first kappa shape index (κ1) is 16.0. The molecule has 8 nitrogen and oxygen atoms in total. The summed E-state index contributed by atoms with van der Waals surface area (Å²) in [5, 5.41) is 13.8. The molecule has 9 heteroatoms. The van der Waals surface area contributed by atoms with Gasteiger partial charge in [-0.05, 0) is 13.0 Å². The first-order valence-electron chi connectivity index (χ1n) is 6.55. The van der Waals surface area contributed by atoms with Gasteiger partial charge < -0.3 is 25.9 Å². The van der Waals surface area contributed by atoms with E-state index in [1.165, 1.54) is 29.0 Å². The molecule has 2 aromatic heterocycles. The van der Waals surface area contributed by atoms with E-state index < -0.39 is 17.9 Å². The van der Waals surface area contributed by atoms with Crippen LogP contribution in [-0.4, -0.2) is 39.6 Å². The largest absolute Gasteiger partial charge is 0.493 e. The third-order valence-corrected chi connectivity index (χ3v) is 3.58. The minimum Gasteiger partial charge on any atom is -0.493 e. The van der Waals surface area contributed by atoms with Crippen LogP contribution in [0.3, 0.4) is 0 Å². The SMILES string of the molecule is CCOC(=O)c1cc(NC(=O)C(N)Cc2nc(O)cs2)c[nH]1. The molecule has 0 spiro atoms. The van der Waals surface area contributed by atoms with Gasteiger partial charge in [-0.2, -0.15) is 0 Å². The van der Waals surface area contributed by atoms with Crippen molar-refractivity contribution in [3.8, 4) is 5.88 Å². The monoisotopic (exact) mass is 324 g/mol. The standard InChI is InChI=1S/C13H16N4O4S/c1-2-21-13(20)9-3-7(5-15-9)16-12(19)8(14)4-11-17-10(18)6-22-11/h3,5-6,8,15,18H,2,4,14H2,1H3,(H,16,19). The van der Waals surface area contributed by atoms with Crippen LogP contribution < -0.4 is 11.1 Å². The van der Waals surface area contributed by atoms with Gasteiger partial charge in [0.05, 0.1) is 28.7 Å². The van der Waals surface area contributed by atoms with Crippen molar-refractivity contribution in [3.05, 3.63) is 28.3 Å². The molecule has 1 atom stereocenters. The molecule has 0 aliphatic carbocycles. The van der Waals surface area contributed by atoms with Crippen molar-refractivity contribution in [2.75, 3.05) is 11.9 Å². The Morgan fingerprint density at radius 1 is 1.59 bits per heavy atom. The smallest absolute Gasteiger partial charge is 0.354 e. The molecule has 118 valence electrons. The Labute approximate surface area is 130 Å². The molecule has 0 radical (unpaired) electrons. The number of H-pyrrole nitrogens is 1. The number of anilines is 1. The minimum atomic E-state index is -0.813. The maximum Gasteiger partial charge on any atom is 0.354 e. The molecule has 2 rings (SSSR count). The average molecular weight is 324 g/mol. The zero-order chi connectivity index (χ0) is 16.1. The Kier molecular flexibility index (Phi) is 5.12. The number of nitrogens with one attached hydrogen (secondary N) is 2. The quantitative estimate of drug-likeness (QED) is 0.583. The van der Waals surface area contributed by atoms with Crippen molar-refractivity contribution in [3.63, 3.8) is 0 Å². The van der Waals surface area contributed by atoms with Gasteiger partial charge >= 0.3 is 5.97 Å². The number of amides is 1. The number of rotatable bonds is 6. The molecule has 22 heavy (non-hydrogen) atoms. The van der Waals surface area contributed by atoms with E-state index in [-0.39, 0.29) is 24.6 Å². The molecule has 0 saturated heterocycles. The zero-order valence-corrected chi connectivity index (χ0v) is 12.6. The third kappa shape index (κ3) is 4.06. The van der Waals surface area contributed by atoms with Crippen molar-refractivity contribution in [2.24, 2.45) is 5.73 Å². The van der Waals surface area contributed by atoms with E-state index in [4.69, 9.17) is 15.6 Å². The van der Waals surface area contributed by atoms with E-state index >= 15 is 0 Å². The molecule has 0 aliphatic heterocycles. The van der Waals surface area contributed by atoms with Crippen LogP contribution in [0.15, 0.2) is 17.6 Å². The number of esters is 1. The van der Waals surface area contributed by atoms with Crippen LogP contribution in [-0.2, 0) is 16.0 Å². The predicted molar refractivity (Wildman–Crippen MR) is 80.8 cm³/mol.